The molecule has 2 unspecified atom stereocenters. The van der Waals surface area contributed by atoms with Crippen molar-refractivity contribution in [2.45, 2.75) is 148 Å². The van der Waals surface area contributed by atoms with Gasteiger partial charge in [0.2, 0.25) is 0 Å². The van der Waals surface area contributed by atoms with E-state index in [1.54, 1.807) is 0 Å². The van der Waals surface area contributed by atoms with Crippen molar-refractivity contribution in [3.63, 3.8) is 0 Å². The number of hydrogen-bond donors (Lipinski definition) is 1. The molecule has 1 N–H and O–H groups in total. The number of unbranched alkanes of at least 4 members (excludes halogenated alkanes) is 9. The van der Waals surface area contributed by atoms with Crippen LogP contribution in [0.25, 0.3) is 0 Å². The average molecular weight is 781 g/mol. The van der Waals surface area contributed by atoms with Crippen molar-refractivity contribution < 1.29 is 38.2 Å². The monoisotopic (exact) mass is 781 g/mol. The van der Waals surface area contributed by atoms with Gasteiger partial charge in [0.05, 0.1) is 34.4 Å². The van der Waals surface area contributed by atoms with Crippen LogP contribution in [0.5, 0.6) is 0 Å². The van der Waals surface area contributed by atoms with Gasteiger partial charge in [-0.1, -0.05) is 143 Å². The smallest absolute Gasteiger partial charge is 0.362 e. The summed E-state index contributed by atoms with van der Waals surface area (Å²) in [5, 5.41) is 9.61. The quantitative estimate of drug-likeness (QED) is 0.0222. The second-order valence-corrected chi connectivity index (χ2v) is 14.9. The summed E-state index contributed by atoms with van der Waals surface area (Å²) in [5.74, 6) is -1.55. The number of likely N-dealkylation sites (N-methyl/N-ethyl adjacent to an activating group) is 1. The number of allylic oxidation sites excluding steroid dienone is 16. The maximum absolute atomic E-state index is 12.7. The summed E-state index contributed by atoms with van der Waals surface area (Å²) >= 11 is 0. The molecule has 0 fully saturated rings. The Bertz CT molecular complexity index is 1230. The average Bonchev–Trinajstić information content (AvgIpc) is 3.15. The zero-order valence-electron chi connectivity index (χ0n) is 35.8. The summed E-state index contributed by atoms with van der Waals surface area (Å²) < 4.78 is 17.2. The molecule has 0 saturated heterocycles. The molecule has 0 heterocycles. The fourth-order valence-electron chi connectivity index (χ4n) is 5.56. The van der Waals surface area contributed by atoms with E-state index < -0.39 is 18.1 Å². The zero-order valence-corrected chi connectivity index (χ0v) is 35.8. The molecule has 0 rings (SSSR count). The minimum Gasteiger partial charge on any atom is -0.477 e. The van der Waals surface area contributed by atoms with E-state index in [1.807, 2.05) is 57.6 Å². The van der Waals surface area contributed by atoms with Crippen LogP contribution < -0.4 is 0 Å². The van der Waals surface area contributed by atoms with Crippen LogP contribution in [0.3, 0.4) is 0 Å². The van der Waals surface area contributed by atoms with E-state index in [1.165, 1.54) is 12.8 Å². The Morgan fingerprint density at radius 2 is 1.04 bits per heavy atom. The van der Waals surface area contributed by atoms with E-state index in [9.17, 15) is 19.5 Å². The molecule has 0 aliphatic rings. The van der Waals surface area contributed by atoms with Crippen molar-refractivity contribution in [3.05, 3.63) is 97.2 Å². The fourth-order valence-corrected chi connectivity index (χ4v) is 5.56. The third kappa shape index (κ3) is 35.9. The van der Waals surface area contributed by atoms with Gasteiger partial charge >= 0.3 is 17.9 Å². The molecule has 0 bridgehead atoms. The lowest BCUT2D eigenvalue weighted by Crippen LogP contribution is -2.50. The van der Waals surface area contributed by atoms with E-state index in [4.69, 9.17) is 14.2 Å². The standard InChI is InChI=1S/C48H77NO7/c1-6-8-10-12-14-16-18-20-21-22-23-24-25-27-29-31-33-35-37-39-47(51)56-44(42-54-41-40-45(48(52)53)49(3,4)5)43-55-46(50)38-36-34-32-30-28-26-19-17-15-13-11-9-7-2/h8-11,13-17,19-21,23-24,26,28,44-45H,6-7,12,18,22,25,27,29-43H2,1-5H3/p+1/b10-8+,11-9+,15-13+,16-14+,19-17+,21-20+,24-23+,28-26+. The molecule has 56 heavy (non-hydrogen) atoms. The van der Waals surface area contributed by atoms with Crippen LogP contribution in [0.4, 0.5) is 0 Å². The van der Waals surface area contributed by atoms with Crippen molar-refractivity contribution in [3.8, 4) is 0 Å². The predicted molar refractivity (Wildman–Crippen MR) is 233 cm³/mol. The summed E-state index contributed by atoms with van der Waals surface area (Å²) in [4.78, 5) is 36.9. The molecular weight excluding hydrogens is 703 g/mol. The lowest BCUT2D eigenvalue weighted by molar-refractivity contribution is -0.887. The second kappa shape index (κ2) is 38.1. The number of ether oxygens (including phenoxy) is 3. The molecule has 0 aliphatic heterocycles. The van der Waals surface area contributed by atoms with Gasteiger partial charge in [-0.2, -0.15) is 0 Å². The number of carbonyl (C=O) groups is 3. The van der Waals surface area contributed by atoms with E-state index in [-0.39, 0.29) is 36.2 Å². The Hall–Kier alpha value is -3.75. The molecule has 0 aromatic heterocycles. The molecule has 316 valence electrons. The fraction of sp³-hybridized carbons (Fsp3) is 0.604. The molecule has 0 amide bonds. The van der Waals surface area contributed by atoms with Crippen LogP contribution in [-0.4, -0.2) is 80.6 Å². The SMILES string of the molecule is CC/C=C/C=C/C=C/C=C/CCCCCC(=O)OCC(COCCC(C(=O)O)[N+](C)(C)C)OC(=O)CCCCCCCC/C=C/C/C=C/C/C=C/C/C=C/CC. The van der Waals surface area contributed by atoms with Gasteiger partial charge in [0.25, 0.3) is 0 Å². The first kappa shape index (κ1) is 52.2. The lowest BCUT2D eigenvalue weighted by Gasteiger charge is -2.31. The van der Waals surface area contributed by atoms with Crippen LogP contribution in [-0.2, 0) is 28.6 Å². The van der Waals surface area contributed by atoms with Gasteiger partial charge in [0, 0.05) is 19.3 Å². The molecule has 8 heteroatoms. The Labute approximate surface area is 341 Å². The first-order chi connectivity index (χ1) is 27.1. The lowest BCUT2D eigenvalue weighted by atomic mass is 10.1. The highest BCUT2D eigenvalue weighted by Gasteiger charge is 2.31. The number of nitrogens with zero attached hydrogens (tertiary/aromatic N) is 1. The Balaban J connectivity index is 4.45. The number of carboxylic acids is 1. The minimum absolute atomic E-state index is 0.0355. The summed E-state index contributed by atoms with van der Waals surface area (Å²) in [7, 11) is 5.49. The van der Waals surface area contributed by atoms with Crippen LogP contribution in [0.15, 0.2) is 97.2 Å². The molecule has 8 nitrogen and oxygen atoms in total. The molecule has 0 aromatic rings. The van der Waals surface area contributed by atoms with E-state index in [0.29, 0.717) is 19.3 Å². The van der Waals surface area contributed by atoms with Crippen molar-refractivity contribution in [1.29, 1.82) is 0 Å². The number of quaternary nitrogens is 1. The van der Waals surface area contributed by atoms with Crippen LogP contribution >= 0.6 is 0 Å². The summed E-state index contributed by atoms with van der Waals surface area (Å²) in [6.45, 7) is 4.39. The normalized spacial score (nSPS) is 13.9. The molecule has 0 aromatic carbocycles. The maximum atomic E-state index is 12.7. The Morgan fingerprint density at radius 3 is 1.62 bits per heavy atom. The largest absolute Gasteiger partial charge is 0.477 e. The highest BCUT2D eigenvalue weighted by atomic mass is 16.6. The third-order valence-corrected chi connectivity index (χ3v) is 8.82. The van der Waals surface area contributed by atoms with Gasteiger partial charge in [-0.05, 0) is 70.6 Å². The number of aliphatic carboxylic acids is 1. The minimum atomic E-state index is -0.889. The first-order valence-electron chi connectivity index (χ1n) is 21.3. The van der Waals surface area contributed by atoms with Gasteiger partial charge in [-0.25, -0.2) is 4.79 Å². The molecule has 0 saturated carbocycles. The molecule has 0 spiro atoms. The summed E-state index contributed by atoms with van der Waals surface area (Å²) in [6, 6.07) is -0.629. The topological polar surface area (TPSA) is 99.1 Å². The van der Waals surface area contributed by atoms with Crippen LogP contribution in [0.1, 0.15) is 136 Å². The Kier molecular flexibility index (Phi) is 35.6. The van der Waals surface area contributed by atoms with Crippen molar-refractivity contribution in [2.75, 3.05) is 41.0 Å². The number of rotatable bonds is 36. The molecular formula is C48H78NO7+. The highest BCUT2D eigenvalue weighted by Crippen LogP contribution is 2.12. The van der Waals surface area contributed by atoms with Crippen LogP contribution in [0, 0.1) is 0 Å². The van der Waals surface area contributed by atoms with Gasteiger partial charge in [-0.3, -0.25) is 9.59 Å². The van der Waals surface area contributed by atoms with Gasteiger partial charge in [-0.15, -0.1) is 0 Å². The molecule has 0 radical (unpaired) electrons. The van der Waals surface area contributed by atoms with Crippen molar-refractivity contribution in [2.24, 2.45) is 0 Å². The third-order valence-electron chi connectivity index (χ3n) is 8.82. The van der Waals surface area contributed by atoms with E-state index in [0.717, 1.165) is 89.9 Å². The molecule has 0 aliphatic carbocycles. The summed E-state index contributed by atoms with van der Waals surface area (Å²) in [5.41, 5.74) is 0. The van der Waals surface area contributed by atoms with Crippen molar-refractivity contribution >= 4 is 17.9 Å². The van der Waals surface area contributed by atoms with E-state index in [2.05, 4.69) is 74.6 Å². The highest BCUT2D eigenvalue weighted by molar-refractivity contribution is 5.72. The van der Waals surface area contributed by atoms with Gasteiger partial charge in [0.1, 0.15) is 6.61 Å². The zero-order chi connectivity index (χ0) is 41.4. The van der Waals surface area contributed by atoms with Gasteiger partial charge in [0.15, 0.2) is 12.1 Å². The number of carbonyl (C=O) groups excluding carboxylic acids is 2. The number of hydrogen-bond acceptors (Lipinski definition) is 6. The van der Waals surface area contributed by atoms with Crippen LogP contribution in [0.2, 0.25) is 0 Å². The Morgan fingerprint density at radius 1 is 0.554 bits per heavy atom. The number of esters is 2. The second-order valence-electron chi connectivity index (χ2n) is 14.9. The summed E-state index contributed by atoms with van der Waals surface area (Å²) in [6.07, 6.45) is 50.2. The number of carboxylic acid groups (broad SMARTS) is 1. The van der Waals surface area contributed by atoms with E-state index >= 15 is 0 Å². The predicted octanol–water partition coefficient (Wildman–Crippen LogP) is 11.5. The molecule has 2 atom stereocenters. The van der Waals surface area contributed by atoms with Crippen molar-refractivity contribution in [1.82, 2.24) is 0 Å². The maximum Gasteiger partial charge on any atom is 0.362 e. The first-order valence-corrected chi connectivity index (χ1v) is 21.3. The van der Waals surface area contributed by atoms with Gasteiger partial charge < -0.3 is 23.8 Å².